The van der Waals surface area contributed by atoms with Gasteiger partial charge in [0.1, 0.15) is 6.29 Å². The maximum atomic E-state index is 10.1. The average Bonchev–Trinajstić information content (AvgIpc) is 2.81. The molecule has 62 valence electrons. The quantitative estimate of drug-likeness (QED) is 0.465. The Bertz CT molecular complexity index is 157. The van der Waals surface area contributed by atoms with E-state index >= 15 is 0 Å². The van der Waals surface area contributed by atoms with E-state index in [1.165, 1.54) is 12.8 Å². The van der Waals surface area contributed by atoms with E-state index in [2.05, 4.69) is 13.0 Å². The summed E-state index contributed by atoms with van der Waals surface area (Å²) < 4.78 is 0. The van der Waals surface area contributed by atoms with Crippen LogP contribution in [0.25, 0.3) is 0 Å². The minimum Gasteiger partial charge on any atom is -0.302 e. The number of carbonyl (C=O) groups excluding carboxylic acids is 1. The van der Waals surface area contributed by atoms with Gasteiger partial charge >= 0.3 is 0 Å². The second kappa shape index (κ2) is 4.60. The number of carbonyl (C=O) groups is 1. The summed E-state index contributed by atoms with van der Waals surface area (Å²) in [5, 5.41) is 0.581. The van der Waals surface area contributed by atoms with E-state index in [-0.39, 0.29) is 0 Å². The number of rotatable bonds is 5. The van der Waals surface area contributed by atoms with Crippen LogP contribution in [0.1, 0.15) is 26.2 Å². The molecule has 0 aromatic heterocycles. The Labute approximate surface area is 72.2 Å². The highest BCUT2D eigenvalue weighted by atomic mass is 32.2. The zero-order chi connectivity index (χ0) is 8.10. The number of hydrogen-bond acceptors (Lipinski definition) is 2. The minimum absolute atomic E-state index is 0.581. The molecule has 0 bridgehead atoms. The van der Waals surface area contributed by atoms with Gasteiger partial charge in [0, 0.05) is 11.0 Å². The molecule has 1 rings (SSSR count). The van der Waals surface area contributed by atoms with Crippen LogP contribution in [0.3, 0.4) is 0 Å². The topological polar surface area (TPSA) is 17.1 Å². The van der Waals surface area contributed by atoms with Crippen LogP contribution in [0.15, 0.2) is 11.6 Å². The van der Waals surface area contributed by atoms with Crippen molar-refractivity contribution in [3.8, 4) is 0 Å². The predicted octanol–water partition coefficient (Wildman–Crippen LogP) is 2.42. The van der Waals surface area contributed by atoms with Crippen molar-refractivity contribution in [2.24, 2.45) is 0 Å². The highest BCUT2D eigenvalue weighted by Crippen LogP contribution is 2.30. The van der Waals surface area contributed by atoms with Crippen molar-refractivity contribution in [2.75, 3.05) is 5.75 Å². The lowest BCUT2D eigenvalue weighted by Gasteiger charge is -2.05. The van der Waals surface area contributed by atoms with Gasteiger partial charge in [-0.05, 0) is 19.3 Å². The highest BCUT2D eigenvalue weighted by Gasteiger charge is 2.13. The van der Waals surface area contributed by atoms with Crippen LogP contribution in [0.2, 0.25) is 0 Å². The summed E-state index contributed by atoms with van der Waals surface area (Å²) in [4.78, 5) is 10.1. The van der Waals surface area contributed by atoms with Crippen LogP contribution in [0, 0.1) is 0 Å². The van der Waals surface area contributed by atoms with Crippen molar-refractivity contribution in [1.82, 2.24) is 0 Å². The molecule has 0 aromatic rings. The lowest BCUT2D eigenvalue weighted by Crippen LogP contribution is -1.97. The Kier molecular flexibility index (Phi) is 3.70. The second-order valence-electron chi connectivity index (χ2n) is 2.77. The molecule has 2 heteroatoms. The predicted molar refractivity (Wildman–Crippen MR) is 49.9 cm³/mol. The van der Waals surface area contributed by atoms with Crippen molar-refractivity contribution < 1.29 is 4.79 Å². The smallest absolute Gasteiger partial charge is 0.129 e. The molecule has 1 atom stereocenters. The Balaban J connectivity index is 2.23. The zero-order valence-corrected chi connectivity index (χ0v) is 7.69. The molecule has 0 saturated heterocycles. The maximum absolute atomic E-state index is 10.1. The molecule has 0 radical (unpaired) electrons. The first-order valence-electron chi connectivity index (χ1n) is 4.11. The van der Waals surface area contributed by atoms with E-state index in [1.54, 1.807) is 17.3 Å². The molecule has 11 heavy (non-hydrogen) atoms. The third-order valence-corrected chi connectivity index (χ3v) is 2.97. The molecule has 0 aromatic carbocycles. The van der Waals surface area contributed by atoms with Crippen LogP contribution in [0.5, 0.6) is 0 Å². The molecule has 1 nitrogen and oxygen atoms in total. The van der Waals surface area contributed by atoms with Crippen molar-refractivity contribution in [3.05, 3.63) is 11.6 Å². The van der Waals surface area contributed by atoms with Crippen molar-refractivity contribution in [1.29, 1.82) is 0 Å². The van der Waals surface area contributed by atoms with Gasteiger partial charge in [0.15, 0.2) is 0 Å². The van der Waals surface area contributed by atoms with E-state index < -0.39 is 0 Å². The monoisotopic (exact) mass is 170 g/mol. The molecular weight excluding hydrogens is 156 g/mol. The molecule has 0 N–H and O–H groups in total. The van der Waals surface area contributed by atoms with Gasteiger partial charge in [0.2, 0.25) is 0 Å². The van der Waals surface area contributed by atoms with Crippen molar-refractivity contribution >= 4 is 18.0 Å². The lowest BCUT2D eigenvalue weighted by molar-refractivity contribution is -0.105. The molecule has 1 aliphatic rings. The van der Waals surface area contributed by atoms with Gasteiger partial charge in [-0.3, -0.25) is 0 Å². The molecular formula is C9H14OS. The SMILES string of the molecule is CCC(C=C1CC1)SCC=O. The van der Waals surface area contributed by atoms with Gasteiger partial charge in [0.05, 0.1) is 0 Å². The van der Waals surface area contributed by atoms with Crippen LogP contribution in [-0.2, 0) is 4.79 Å². The third kappa shape index (κ3) is 3.61. The summed E-state index contributed by atoms with van der Waals surface area (Å²) >= 11 is 1.75. The fraction of sp³-hybridized carbons (Fsp3) is 0.667. The van der Waals surface area contributed by atoms with Crippen LogP contribution in [0.4, 0.5) is 0 Å². The largest absolute Gasteiger partial charge is 0.302 e. The summed E-state index contributed by atoms with van der Waals surface area (Å²) in [6.45, 7) is 2.17. The van der Waals surface area contributed by atoms with Gasteiger partial charge in [-0.2, -0.15) is 0 Å². The molecule has 1 saturated carbocycles. The molecule has 1 unspecified atom stereocenters. The summed E-state index contributed by atoms with van der Waals surface area (Å²) in [6.07, 6.45) is 7.03. The normalized spacial score (nSPS) is 17.7. The first-order chi connectivity index (χ1) is 5.36. The van der Waals surface area contributed by atoms with Gasteiger partial charge in [0.25, 0.3) is 0 Å². The number of thioether (sulfide) groups is 1. The Hall–Kier alpha value is -0.240. The molecule has 0 heterocycles. The van der Waals surface area contributed by atoms with Crippen LogP contribution in [-0.4, -0.2) is 17.3 Å². The minimum atomic E-state index is 0.581. The molecule has 0 spiro atoms. The molecule has 1 aliphatic carbocycles. The van der Waals surface area contributed by atoms with Crippen molar-refractivity contribution in [3.63, 3.8) is 0 Å². The Morgan fingerprint density at radius 3 is 2.82 bits per heavy atom. The fourth-order valence-electron chi connectivity index (χ4n) is 0.948. The number of hydrogen-bond donors (Lipinski definition) is 0. The average molecular weight is 170 g/mol. The number of aldehydes is 1. The van der Waals surface area contributed by atoms with Crippen molar-refractivity contribution in [2.45, 2.75) is 31.4 Å². The summed E-state index contributed by atoms with van der Waals surface area (Å²) in [7, 11) is 0. The summed E-state index contributed by atoms with van der Waals surface area (Å²) in [6, 6.07) is 0. The standard InChI is InChI=1S/C9H14OS/c1-2-9(11-6-5-10)7-8-3-4-8/h5,7,9H,2-4,6H2,1H3. The first-order valence-corrected chi connectivity index (χ1v) is 5.16. The Morgan fingerprint density at radius 2 is 2.36 bits per heavy atom. The zero-order valence-electron chi connectivity index (χ0n) is 6.88. The molecule has 1 fully saturated rings. The van der Waals surface area contributed by atoms with E-state index in [4.69, 9.17) is 0 Å². The Morgan fingerprint density at radius 1 is 1.64 bits per heavy atom. The highest BCUT2D eigenvalue weighted by molar-refractivity contribution is 8.00. The van der Waals surface area contributed by atoms with E-state index in [0.717, 1.165) is 12.7 Å². The first kappa shape index (κ1) is 8.85. The summed E-state index contributed by atoms with van der Waals surface area (Å²) in [5.74, 6) is 0.641. The second-order valence-corrected chi connectivity index (χ2v) is 4.04. The molecule has 0 aliphatic heterocycles. The van der Waals surface area contributed by atoms with E-state index in [0.29, 0.717) is 11.0 Å². The van der Waals surface area contributed by atoms with E-state index in [1.807, 2.05) is 0 Å². The van der Waals surface area contributed by atoms with Gasteiger partial charge in [-0.15, -0.1) is 11.8 Å². The van der Waals surface area contributed by atoms with Crippen LogP contribution < -0.4 is 0 Å². The summed E-state index contributed by atoms with van der Waals surface area (Å²) in [5.41, 5.74) is 1.58. The third-order valence-electron chi connectivity index (χ3n) is 1.74. The van der Waals surface area contributed by atoms with Gasteiger partial charge < -0.3 is 4.79 Å². The van der Waals surface area contributed by atoms with Gasteiger partial charge in [-0.25, -0.2) is 0 Å². The molecule has 0 amide bonds. The lowest BCUT2D eigenvalue weighted by atomic mass is 10.3. The maximum Gasteiger partial charge on any atom is 0.129 e. The van der Waals surface area contributed by atoms with E-state index in [9.17, 15) is 4.79 Å². The van der Waals surface area contributed by atoms with Crippen LogP contribution >= 0.6 is 11.8 Å². The number of allylic oxidation sites excluding steroid dienone is 1. The fourth-order valence-corrected chi connectivity index (χ4v) is 1.80. The van der Waals surface area contributed by atoms with Gasteiger partial charge in [-0.1, -0.05) is 18.6 Å².